The zero-order valence-corrected chi connectivity index (χ0v) is 13.5. The Bertz CT molecular complexity index is 577. The molecule has 0 aliphatic carbocycles. The van der Waals surface area contributed by atoms with Crippen LogP contribution in [0, 0.1) is 6.92 Å². The van der Waals surface area contributed by atoms with E-state index >= 15 is 0 Å². The van der Waals surface area contributed by atoms with Gasteiger partial charge in [0.2, 0.25) is 11.8 Å². The van der Waals surface area contributed by atoms with Crippen LogP contribution in [0.25, 0.3) is 0 Å². The summed E-state index contributed by atoms with van der Waals surface area (Å²) in [5.41, 5.74) is 1.33. The molecule has 0 atom stereocenters. The molecule has 1 aliphatic rings. The Hall–Kier alpha value is -2.44. The zero-order valence-electron chi connectivity index (χ0n) is 13.5. The van der Waals surface area contributed by atoms with Gasteiger partial charge in [0, 0.05) is 58.0 Å². The topological polar surface area (TPSA) is 82.6 Å². The second kappa shape index (κ2) is 7.71. The summed E-state index contributed by atoms with van der Waals surface area (Å²) in [7, 11) is 0. The molecule has 23 heavy (non-hydrogen) atoms. The average Bonchev–Trinajstić information content (AvgIpc) is 2.55. The Labute approximate surface area is 135 Å². The molecule has 2 rings (SSSR count). The van der Waals surface area contributed by atoms with Crippen LogP contribution in [0.4, 0.5) is 0 Å². The van der Waals surface area contributed by atoms with E-state index in [1.165, 1.54) is 13.1 Å². The molecular formula is C16H22N4O3. The second-order valence-corrected chi connectivity index (χ2v) is 5.58. The second-order valence-electron chi connectivity index (χ2n) is 5.58. The van der Waals surface area contributed by atoms with E-state index in [9.17, 15) is 14.4 Å². The molecule has 0 aromatic carbocycles. The molecule has 1 aromatic heterocycles. The van der Waals surface area contributed by atoms with Gasteiger partial charge in [0.05, 0.1) is 5.56 Å². The van der Waals surface area contributed by atoms with Crippen molar-refractivity contribution in [1.29, 1.82) is 0 Å². The zero-order chi connectivity index (χ0) is 16.8. The fraction of sp³-hybridized carbons (Fsp3) is 0.500. The van der Waals surface area contributed by atoms with Crippen molar-refractivity contribution in [3.05, 3.63) is 29.6 Å². The number of carbonyl (C=O) groups excluding carboxylic acids is 3. The molecule has 124 valence electrons. The number of amides is 3. The lowest BCUT2D eigenvalue weighted by Crippen LogP contribution is -2.50. The summed E-state index contributed by atoms with van der Waals surface area (Å²) in [5, 5.41) is 2.72. The molecule has 1 saturated heterocycles. The SMILES string of the molecule is CC(=O)N1CCN(C(=O)CCNC(=O)c2ccc(C)nc2)CC1. The van der Waals surface area contributed by atoms with E-state index in [4.69, 9.17) is 0 Å². The summed E-state index contributed by atoms with van der Waals surface area (Å²) in [6.45, 7) is 5.92. The summed E-state index contributed by atoms with van der Waals surface area (Å²) < 4.78 is 0. The predicted molar refractivity (Wildman–Crippen MR) is 84.8 cm³/mol. The first-order valence-electron chi connectivity index (χ1n) is 7.71. The van der Waals surface area contributed by atoms with Crippen LogP contribution in [-0.4, -0.2) is 65.2 Å². The molecule has 1 fully saturated rings. The van der Waals surface area contributed by atoms with Crippen LogP contribution in [0.3, 0.4) is 0 Å². The largest absolute Gasteiger partial charge is 0.351 e. The molecule has 0 unspecified atom stereocenters. The number of aryl methyl sites for hydroxylation is 1. The molecule has 7 nitrogen and oxygen atoms in total. The normalized spacial score (nSPS) is 14.5. The smallest absolute Gasteiger partial charge is 0.252 e. The van der Waals surface area contributed by atoms with Crippen molar-refractivity contribution < 1.29 is 14.4 Å². The summed E-state index contributed by atoms with van der Waals surface area (Å²) in [4.78, 5) is 42.8. The lowest BCUT2D eigenvalue weighted by atomic mass is 10.2. The van der Waals surface area contributed by atoms with E-state index in [0.717, 1.165) is 5.69 Å². The molecule has 0 spiro atoms. The third kappa shape index (κ3) is 4.77. The summed E-state index contributed by atoms with van der Waals surface area (Å²) in [6, 6.07) is 3.48. The number of nitrogens with zero attached hydrogens (tertiary/aromatic N) is 3. The van der Waals surface area contributed by atoms with E-state index in [2.05, 4.69) is 10.3 Å². The molecular weight excluding hydrogens is 296 g/mol. The standard InChI is InChI=1S/C16H22N4O3/c1-12-3-4-14(11-18-12)16(23)17-6-5-15(22)20-9-7-19(8-10-20)13(2)21/h3-4,11H,5-10H2,1-2H3,(H,17,23). The maximum Gasteiger partial charge on any atom is 0.252 e. The highest BCUT2D eigenvalue weighted by Gasteiger charge is 2.22. The number of nitrogens with one attached hydrogen (secondary N) is 1. The maximum absolute atomic E-state index is 12.1. The van der Waals surface area contributed by atoms with Gasteiger partial charge in [-0.25, -0.2) is 0 Å². The average molecular weight is 318 g/mol. The summed E-state index contributed by atoms with van der Waals surface area (Å²) in [6.07, 6.45) is 1.78. The van der Waals surface area contributed by atoms with Crippen LogP contribution in [0.15, 0.2) is 18.3 Å². The van der Waals surface area contributed by atoms with Gasteiger partial charge in [-0.1, -0.05) is 0 Å². The number of pyridine rings is 1. The van der Waals surface area contributed by atoms with Gasteiger partial charge in [-0.2, -0.15) is 0 Å². The molecule has 0 saturated carbocycles. The lowest BCUT2D eigenvalue weighted by Gasteiger charge is -2.34. The van der Waals surface area contributed by atoms with Gasteiger partial charge in [-0.3, -0.25) is 19.4 Å². The number of hydrogen-bond acceptors (Lipinski definition) is 4. The van der Waals surface area contributed by atoms with E-state index in [1.807, 2.05) is 6.92 Å². The monoisotopic (exact) mass is 318 g/mol. The van der Waals surface area contributed by atoms with Crippen LogP contribution in [0.5, 0.6) is 0 Å². The van der Waals surface area contributed by atoms with Crippen LogP contribution in [-0.2, 0) is 9.59 Å². The van der Waals surface area contributed by atoms with Crippen molar-refractivity contribution in [2.24, 2.45) is 0 Å². The first-order chi connectivity index (χ1) is 11.0. The van der Waals surface area contributed by atoms with E-state index < -0.39 is 0 Å². The Morgan fingerprint density at radius 2 is 1.78 bits per heavy atom. The third-order valence-corrected chi connectivity index (χ3v) is 3.88. The van der Waals surface area contributed by atoms with Gasteiger partial charge in [0.25, 0.3) is 5.91 Å². The van der Waals surface area contributed by atoms with Crippen molar-refractivity contribution in [2.75, 3.05) is 32.7 Å². The fourth-order valence-corrected chi connectivity index (χ4v) is 2.42. The van der Waals surface area contributed by atoms with Gasteiger partial charge in [-0.05, 0) is 19.1 Å². The van der Waals surface area contributed by atoms with Crippen LogP contribution in [0.1, 0.15) is 29.4 Å². The van der Waals surface area contributed by atoms with E-state index in [-0.39, 0.29) is 24.1 Å². The highest BCUT2D eigenvalue weighted by atomic mass is 16.2. The number of carbonyl (C=O) groups is 3. The summed E-state index contributed by atoms with van der Waals surface area (Å²) >= 11 is 0. The van der Waals surface area contributed by atoms with Gasteiger partial charge < -0.3 is 15.1 Å². The number of aromatic nitrogens is 1. The molecule has 7 heteroatoms. The van der Waals surface area contributed by atoms with E-state index in [0.29, 0.717) is 38.3 Å². The first kappa shape index (κ1) is 16.9. The lowest BCUT2D eigenvalue weighted by molar-refractivity contribution is -0.138. The van der Waals surface area contributed by atoms with E-state index in [1.54, 1.807) is 21.9 Å². The minimum absolute atomic E-state index is 0.00414. The van der Waals surface area contributed by atoms with Crippen LogP contribution < -0.4 is 5.32 Å². The Kier molecular flexibility index (Phi) is 5.67. The first-order valence-corrected chi connectivity index (χ1v) is 7.71. The number of hydrogen-bond donors (Lipinski definition) is 1. The molecule has 0 bridgehead atoms. The van der Waals surface area contributed by atoms with Gasteiger partial charge in [0.15, 0.2) is 0 Å². The van der Waals surface area contributed by atoms with Crippen molar-refractivity contribution in [3.63, 3.8) is 0 Å². The van der Waals surface area contributed by atoms with Crippen molar-refractivity contribution in [1.82, 2.24) is 20.1 Å². The van der Waals surface area contributed by atoms with Gasteiger partial charge in [-0.15, -0.1) is 0 Å². The molecule has 3 amide bonds. The molecule has 1 aromatic rings. The Morgan fingerprint density at radius 3 is 2.35 bits per heavy atom. The number of rotatable bonds is 4. The molecule has 0 radical (unpaired) electrons. The van der Waals surface area contributed by atoms with Crippen molar-refractivity contribution >= 4 is 17.7 Å². The number of piperazine rings is 1. The molecule has 1 aliphatic heterocycles. The molecule has 2 heterocycles. The predicted octanol–water partition coefficient (Wildman–Crippen LogP) is 0.201. The van der Waals surface area contributed by atoms with Crippen molar-refractivity contribution in [2.45, 2.75) is 20.3 Å². The highest BCUT2D eigenvalue weighted by Crippen LogP contribution is 2.04. The van der Waals surface area contributed by atoms with Crippen LogP contribution in [0.2, 0.25) is 0 Å². The van der Waals surface area contributed by atoms with Gasteiger partial charge >= 0.3 is 0 Å². The minimum atomic E-state index is -0.230. The fourth-order valence-electron chi connectivity index (χ4n) is 2.42. The van der Waals surface area contributed by atoms with Crippen LogP contribution >= 0.6 is 0 Å². The maximum atomic E-state index is 12.1. The summed E-state index contributed by atoms with van der Waals surface area (Å²) in [5.74, 6) is -0.196. The van der Waals surface area contributed by atoms with Crippen molar-refractivity contribution in [3.8, 4) is 0 Å². The highest BCUT2D eigenvalue weighted by molar-refractivity contribution is 5.94. The minimum Gasteiger partial charge on any atom is -0.351 e. The Morgan fingerprint density at radius 1 is 1.13 bits per heavy atom. The van der Waals surface area contributed by atoms with Gasteiger partial charge in [0.1, 0.15) is 0 Å². The quantitative estimate of drug-likeness (QED) is 0.860. The molecule has 1 N–H and O–H groups in total. The Balaban J connectivity index is 1.72. The third-order valence-electron chi connectivity index (χ3n) is 3.88.